The predicted octanol–water partition coefficient (Wildman–Crippen LogP) is 2.42. The van der Waals surface area contributed by atoms with Crippen LogP contribution in [0.25, 0.3) is 11.0 Å². The van der Waals surface area contributed by atoms with Crippen molar-refractivity contribution in [3.63, 3.8) is 0 Å². The Hall–Kier alpha value is -3.81. The van der Waals surface area contributed by atoms with Crippen molar-refractivity contribution in [3.8, 4) is 11.5 Å². The molecule has 150 valence electrons. The molecule has 8 nitrogen and oxygen atoms in total. The van der Waals surface area contributed by atoms with Gasteiger partial charge in [0.1, 0.15) is 22.6 Å². The lowest BCUT2D eigenvalue weighted by Gasteiger charge is -2.15. The van der Waals surface area contributed by atoms with Crippen molar-refractivity contribution < 1.29 is 23.5 Å². The third-order valence-corrected chi connectivity index (χ3v) is 4.00. The van der Waals surface area contributed by atoms with E-state index in [1.165, 1.54) is 13.0 Å². The van der Waals surface area contributed by atoms with E-state index in [2.05, 4.69) is 10.9 Å². The Kier molecular flexibility index (Phi) is 6.13. The summed E-state index contributed by atoms with van der Waals surface area (Å²) in [6.07, 6.45) is -0.888. The molecule has 0 aliphatic heterocycles. The molecule has 0 bridgehead atoms. The van der Waals surface area contributed by atoms with Crippen molar-refractivity contribution >= 4 is 22.8 Å². The van der Waals surface area contributed by atoms with Gasteiger partial charge in [-0.1, -0.05) is 18.2 Å². The summed E-state index contributed by atoms with van der Waals surface area (Å²) in [6, 6.07) is 15.0. The van der Waals surface area contributed by atoms with Gasteiger partial charge in [0.15, 0.2) is 6.10 Å². The normalized spacial score (nSPS) is 11.5. The molecule has 2 aromatic carbocycles. The van der Waals surface area contributed by atoms with Crippen LogP contribution in [0.3, 0.4) is 0 Å². The molecule has 1 atom stereocenters. The molecule has 0 fully saturated rings. The molecule has 0 aliphatic rings. The average Bonchev–Trinajstić information content (AvgIpc) is 2.72. The number of hydrogen-bond acceptors (Lipinski definition) is 6. The molecule has 1 heterocycles. The minimum absolute atomic E-state index is 0.218. The Balaban J connectivity index is 1.58. The van der Waals surface area contributed by atoms with Gasteiger partial charge < -0.3 is 13.9 Å². The second-order valence-corrected chi connectivity index (χ2v) is 6.09. The van der Waals surface area contributed by atoms with Crippen LogP contribution in [0.2, 0.25) is 0 Å². The summed E-state index contributed by atoms with van der Waals surface area (Å²) in [5, 5.41) is 0.593. The van der Waals surface area contributed by atoms with E-state index in [0.29, 0.717) is 29.1 Å². The van der Waals surface area contributed by atoms with Gasteiger partial charge in [0.05, 0.1) is 6.61 Å². The topological polar surface area (TPSA) is 107 Å². The number of ether oxygens (including phenoxy) is 2. The molecule has 0 unspecified atom stereocenters. The average molecular weight is 396 g/mol. The number of amides is 2. The van der Waals surface area contributed by atoms with Gasteiger partial charge in [0.25, 0.3) is 11.8 Å². The summed E-state index contributed by atoms with van der Waals surface area (Å²) in [4.78, 5) is 36.4. The Morgan fingerprint density at radius 3 is 2.45 bits per heavy atom. The highest BCUT2D eigenvalue weighted by molar-refractivity contribution is 5.97. The summed E-state index contributed by atoms with van der Waals surface area (Å²) in [7, 11) is 0. The van der Waals surface area contributed by atoms with Crippen LogP contribution in [0.1, 0.15) is 24.2 Å². The second-order valence-electron chi connectivity index (χ2n) is 6.09. The Labute approximate surface area is 166 Å². The number of carbonyl (C=O) groups is 2. The SMILES string of the molecule is CCOc1ccc(O[C@H](C)C(=O)NNC(=O)c2cc3ccccc3oc2=O)cc1. The molecular formula is C21H20N2O6. The number of carbonyl (C=O) groups excluding carboxylic acids is 2. The van der Waals surface area contributed by atoms with E-state index in [0.717, 1.165) is 0 Å². The molecule has 0 saturated heterocycles. The summed E-state index contributed by atoms with van der Waals surface area (Å²) >= 11 is 0. The summed E-state index contributed by atoms with van der Waals surface area (Å²) < 4.78 is 16.0. The highest BCUT2D eigenvalue weighted by Crippen LogP contribution is 2.18. The zero-order valence-electron chi connectivity index (χ0n) is 15.9. The first-order valence-corrected chi connectivity index (χ1v) is 9.00. The van der Waals surface area contributed by atoms with Crippen molar-refractivity contribution in [3.05, 3.63) is 70.6 Å². The van der Waals surface area contributed by atoms with Crippen molar-refractivity contribution in [1.29, 1.82) is 0 Å². The van der Waals surface area contributed by atoms with Crippen LogP contribution in [0.15, 0.2) is 63.8 Å². The molecule has 0 saturated carbocycles. The molecule has 2 N–H and O–H groups in total. The molecule has 8 heteroatoms. The van der Waals surface area contributed by atoms with Gasteiger partial charge in [-0.3, -0.25) is 20.4 Å². The fourth-order valence-electron chi connectivity index (χ4n) is 2.55. The molecule has 3 rings (SSSR count). The van der Waals surface area contributed by atoms with Gasteiger partial charge in [-0.15, -0.1) is 0 Å². The number of benzene rings is 2. The van der Waals surface area contributed by atoms with Gasteiger partial charge in [0, 0.05) is 5.39 Å². The molecule has 3 aromatic rings. The minimum Gasteiger partial charge on any atom is -0.494 e. The third kappa shape index (κ3) is 4.92. The van der Waals surface area contributed by atoms with Crippen LogP contribution < -0.4 is 26.0 Å². The zero-order valence-corrected chi connectivity index (χ0v) is 15.9. The first kappa shape index (κ1) is 19.9. The maximum Gasteiger partial charge on any atom is 0.349 e. The Morgan fingerprint density at radius 2 is 1.72 bits per heavy atom. The van der Waals surface area contributed by atoms with E-state index in [1.807, 2.05) is 6.92 Å². The van der Waals surface area contributed by atoms with Crippen molar-refractivity contribution in [2.24, 2.45) is 0 Å². The van der Waals surface area contributed by atoms with Crippen LogP contribution in [0.4, 0.5) is 0 Å². The van der Waals surface area contributed by atoms with Gasteiger partial charge >= 0.3 is 5.63 Å². The van der Waals surface area contributed by atoms with Crippen LogP contribution in [0.5, 0.6) is 11.5 Å². The van der Waals surface area contributed by atoms with Gasteiger partial charge in [-0.25, -0.2) is 4.79 Å². The van der Waals surface area contributed by atoms with Crippen LogP contribution in [0, 0.1) is 0 Å². The number of nitrogens with one attached hydrogen (secondary N) is 2. The number of para-hydroxylation sites is 1. The smallest absolute Gasteiger partial charge is 0.349 e. The maximum atomic E-state index is 12.3. The fraction of sp³-hybridized carbons (Fsp3) is 0.190. The first-order chi connectivity index (χ1) is 14.0. The van der Waals surface area contributed by atoms with Crippen LogP contribution in [-0.2, 0) is 4.79 Å². The lowest BCUT2D eigenvalue weighted by Crippen LogP contribution is -2.48. The van der Waals surface area contributed by atoms with Crippen molar-refractivity contribution in [1.82, 2.24) is 10.9 Å². The molecule has 0 spiro atoms. The summed E-state index contributed by atoms with van der Waals surface area (Å²) in [5.74, 6) is -0.209. The number of rotatable bonds is 6. The molecule has 2 amide bonds. The Morgan fingerprint density at radius 1 is 1.03 bits per heavy atom. The quantitative estimate of drug-likeness (QED) is 0.490. The highest BCUT2D eigenvalue weighted by Gasteiger charge is 2.18. The van der Waals surface area contributed by atoms with Crippen LogP contribution in [-0.4, -0.2) is 24.5 Å². The molecular weight excluding hydrogens is 376 g/mol. The van der Waals surface area contributed by atoms with E-state index < -0.39 is 23.5 Å². The standard InChI is InChI=1S/C21H20N2O6/c1-3-27-15-8-10-16(11-9-15)28-13(2)19(24)22-23-20(25)17-12-14-6-4-5-7-18(14)29-21(17)26/h4-13H,3H2,1-2H3,(H,22,24)(H,23,25)/t13-/m1/s1. The Bertz CT molecular complexity index is 1070. The van der Waals surface area contributed by atoms with E-state index in [-0.39, 0.29) is 5.56 Å². The van der Waals surface area contributed by atoms with E-state index >= 15 is 0 Å². The first-order valence-electron chi connectivity index (χ1n) is 9.00. The fourth-order valence-corrected chi connectivity index (χ4v) is 2.55. The lowest BCUT2D eigenvalue weighted by molar-refractivity contribution is -0.128. The maximum absolute atomic E-state index is 12.3. The zero-order chi connectivity index (χ0) is 20.8. The lowest BCUT2D eigenvalue weighted by atomic mass is 10.2. The molecule has 1 aromatic heterocycles. The number of fused-ring (bicyclic) bond motifs is 1. The van der Waals surface area contributed by atoms with E-state index in [9.17, 15) is 14.4 Å². The monoisotopic (exact) mass is 396 g/mol. The number of hydrazine groups is 1. The summed E-state index contributed by atoms with van der Waals surface area (Å²) in [6.45, 7) is 3.96. The second kappa shape index (κ2) is 8.92. The molecule has 0 radical (unpaired) electrons. The van der Waals surface area contributed by atoms with E-state index in [1.54, 1.807) is 48.5 Å². The van der Waals surface area contributed by atoms with E-state index in [4.69, 9.17) is 13.9 Å². The summed E-state index contributed by atoms with van der Waals surface area (Å²) in [5.41, 5.74) is 3.79. The minimum atomic E-state index is -0.888. The van der Waals surface area contributed by atoms with Crippen molar-refractivity contribution in [2.75, 3.05) is 6.61 Å². The van der Waals surface area contributed by atoms with Gasteiger partial charge in [0.2, 0.25) is 0 Å². The predicted molar refractivity (Wildman–Crippen MR) is 106 cm³/mol. The van der Waals surface area contributed by atoms with Crippen molar-refractivity contribution in [2.45, 2.75) is 20.0 Å². The van der Waals surface area contributed by atoms with Gasteiger partial charge in [-0.2, -0.15) is 0 Å². The van der Waals surface area contributed by atoms with Crippen LogP contribution >= 0.6 is 0 Å². The molecule has 29 heavy (non-hydrogen) atoms. The highest BCUT2D eigenvalue weighted by atomic mass is 16.5. The van der Waals surface area contributed by atoms with Gasteiger partial charge in [-0.05, 0) is 50.2 Å². The third-order valence-electron chi connectivity index (χ3n) is 4.00. The molecule has 0 aliphatic carbocycles. The number of hydrogen-bond donors (Lipinski definition) is 2. The largest absolute Gasteiger partial charge is 0.494 e.